The molecule has 1 aromatic rings. The fraction of sp³-hybridized carbons (Fsp3) is 0.417. The van der Waals surface area contributed by atoms with Crippen molar-refractivity contribution < 1.29 is 9.94 Å². The van der Waals surface area contributed by atoms with Crippen LogP contribution in [0.25, 0.3) is 0 Å². The largest absolute Gasteiger partial charge is 0.496 e. The van der Waals surface area contributed by atoms with Gasteiger partial charge in [-0.2, -0.15) is 0 Å². The smallest absolute Gasteiger partial charge is 0.133 e. The summed E-state index contributed by atoms with van der Waals surface area (Å²) >= 11 is 3.49. The number of aryl methyl sites for hydroxylation is 1. The molecule has 0 spiro atoms. The van der Waals surface area contributed by atoms with E-state index < -0.39 is 0 Å². The molecule has 0 amide bonds. The minimum Gasteiger partial charge on any atom is -0.496 e. The van der Waals surface area contributed by atoms with Gasteiger partial charge in [0.2, 0.25) is 0 Å². The fourth-order valence-electron chi connectivity index (χ4n) is 2.23. The summed E-state index contributed by atoms with van der Waals surface area (Å²) in [7, 11) is 1.66. The number of ether oxygens (including phenoxy) is 1. The second-order valence-corrected chi connectivity index (χ2v) is 4.80. The Kier molecular flexibility index (Phi) is 3.49. The van der Waals surface area contributed by atoms with Crippen LogP contribution in [-0.2, 0) is 6.42 Å². The zero-order chi connectivity index (χ0) is 11.5. The maximum Gasteiger partial charge on any atom is 0.133 e. The van der Waals surface area contributed by atoms with Crippen molar-refractivity contribution in [3.63, 3.8) is 0 Å². The number of oxime groups is 1. The number of rotatable bonds is 2. The van der Waals surface area contributed by atoms with Crippen molar-refractivity contribution in [2.45, 2.75) is 25.2 Å². The predicted octanol–water partition coefficient (Wildman–Crippen LogP) is 3.34. The fourth-order valence-corrected chi connectivity index (χ4v) is 2.78. The summed E-state index contributed by atoms with van der Waals surface area (Å²) in [5, 5.41) is 11.8. The van der Waals surface area contributed by atoms with Gasteiger partial charge in [0.15, 0.2) is 0 Å². The van der Waals surface area contributed by atoms with Crippen LogP contribution in [0.2, 0.25) is 0 Å². The molecule has 0 heterocycles. The lowest BCUT2D eigenvalue weighted by Crippen LogP contribution is -2.11. The van der Waals surface area contributed by atoms with Gasteiger partial charge < -0.3 is 9.94 Å². The second kappa shape index (κ2) is 4.87. The summed E-state index contributed by atoms with van der Waals surface area (Å²) in [5.41, 5.74) is 2.52. The highest BCUT2D eigenvalue weighted by molar-refractivity contribution is 9.10. The third kappa shape index (κ3) is 2.07. The summed E-state index contributed by atoms with van der Waals surface area (Å²) in [5.74, 6) is 1.03. The lowest BCUT2D eigenvalue weighted by Gasteiger charge is -2.23. The monoisotopic (exact) mass is 283 g/mol. The summed E-state index contributed by atoms with van der Waals surface area (Å²) in [6.07, 6.45) is 4.84. The van der Waals surface area contributed by atoms with Crippen molar-refractivity contribution in [2.24, 2.45) is 5.16 Å². The maximum absolute atomic E-state index is 8.65. The minimum absolute atomic E-state index is 0.204. The molecule has 3 nitrogen and oxygen atoms in total. The van der Waals surface area contributed by atoms with Crippen LogP contribution in [0.4, 0.5) is 0 Å². The first kappa shape index (κ1) is 11.5. The summed E-state index contributed by atoms with van der Waals surface area (Å²) < 4.78 is 6.27. The Morgan fingerprint density at radius 2 is 2.38 bits per heavy atom. The number of methoxy groups -OCH3 is 1. The Labute approximate surface area is 103 Å². The van der Waals surface area contributed by atoms with Crippen LogP contribution in [0.5, 0.6) is 5.75 Å². The average Bonchev–Trinajstić information content (AvgIpc) is 2.29. The van der Waals surface area contributed by atoms with Gasteiger partial charge in [0.1, 0.15) is 5.75 Å². The van der Waals surface area contributed by atoms with Crippen molar-refractivity contribution in [3.05, 3.63) is 27.7 Å². The summed E-state index contributed by atoms with van der Waals surface area (Å²) in [6, 6.07) is 4.14. The maximum atomic E-state index is 8.65. The molecule has 0 aliphatic heterocycles. The van der Waals surface area contributed by atoms with Crippen LogP contribution in [0.1, 0.15) is 29.9 Å². The van der Waals surface area contributed by atoms with Crippen LogP contribution in [0, 0.1) is 0 Å². The topological polar surface area (TPSA) is 41.8 Å². The van der Waals surface area contributed by atoms with Crippen LogP contribution in [-0.4, -0.2) is 18.5 Å². The molecule has 16 heavy (non-hydrogen) atoms. The SMILES string of the molecule is COc1cc2c(cc1Br)CCCC2C=NO. The van der Waals surface area contributed by atoms with E-state index in [4.69, 9.17) is 9.94 Å². The first-order valence-corrected chi connectivity index (χ1v) is 6.09. The van der Waals surface area contributed by atoms with Gasteiger partial charge in [0, 0.05) is 5.92 Å². The number of nitrogens with zero attached hydrogens (tertiary/aromatic N) is 1. The number of benzene rings is 1. The Bertz CT molecular complexity index is 418. The quantitative estimate of drug-likeness (QED) is 0.514. The number of hydrogen-bond donors (Lipinski definition) is 1. The highest BCUT2D eigenvalue weighted by Gasteiger charge is 2.20. The van der Waals surface area contributed by atoms with E-state index in [1.54, 1.807) is 13.3 Å². The Morgan fingerprint density at radius 3 is 3.06 bits per heavy atom. The molecule has 1 N–H and O–H groups in total. The summed E-state index contributed by atoms with van der Waals surface area (Å²) in [6.45, 7) is 0. The van der Waals surface area contributed by atoms with Crippen molar-refractivity contribution >= 4 is 22.1 Å². The third-order valence-corrected chi connectivity index (χ3v) is 3.64. The van der Waals surface area contributed by atoms with Crippen LogP contribution in [0.15, 0.2) is 21.8 Å². The van der Waals surface area contributed by atoms with E-state index >= 15 is 0 Å². The molecule has 0 bridgehead atoms. The zero-order valence-electron chi connectivity index (χ0n) is 9.11. The Morgan fingerprint density at radius 1 is 1.56 bits per heavy atom. The average molecular weight is 284 g/mol. The normalized spacial score (nSPS) is 19.8. The molecule has 2 rings (SSSR count). The van der Waals surface area contributed by atoms with Gasteiger partial charge in [0.25, 0.3) is 0 Å². The molecule has 1 aromatic carbocycles. The molecule has 0 saturated carbocycles. The van der Waals surface area contributed by atoms with E-state index in [9.17, 15) is 0 Å². The molecular weight excluding hydrogens is 270 g/mol. The van der Waals surface area contributed by atoms with E-state index in [0.717, 1.165) is 29.5 Å². The molecule has 1 unspecified atom stereocenters. The Balaban J connectivity index is 2.46. The first-order valence-electron chi connectivity index (χ1n) is 5.30. The van der Waals surface area contributed by atoms with E-state index in [1.807, 2.05) is 6.07 Å². The molecular formula is C12H14BrNO2. The van der Waals surface area contributed by atoms with Crippen molar-refractivity contribution in [3.8, 4) is 5.75 Å². The van der Waals surface area contributed by atoms with Gasteiger partial charge in [-0.3, -0.25) is 0 Å². The third-order valence-electron chi connectivity index (χ3n) is 3.02. The van der Waals surface area contributed by atoms with Crippen molar-refractivity contribution in [1.82, 2.24) is 0 Å². The Hall–Kier alpha value is -1.03. The standard InChI is InChI=1S/C12H14BrNO2/c1-16-12-6-10-8(5-11(12)13)3-2-4-9(10)7-14-15/h5-7,9,15H,2-4H2,1H3. The molecule has 4 heteroatoms. The lowest BCUT2D eigenvalue weighted by atomic mass is 9.83. The van der Waals surface area contributed by atoms with Gasteiger partial charge in [0.05, 0.1) is 17.8 Å². The highest BCUT2D eigenvalue weighted by atomic mass is 79.9. The van der Waals surface area contributed by atoms with Crippen LogP contribution in [0.3, 0.4) is 0 Å². The van der Waals surface area contributed by atoms with E-state index in [1.165, 1.54) is 11.1 Å². The van der Waals surface area contributed by atoms with E-state index in [-0.39, 0.29) is 5.92 Å². The molecule has 0 aromatic heterocycles. The molecule has 1 aliphatic carbocycles. The first-order chi connectivity index (χ1) is 7.76. The van der Waals surface area contributed by atoms with Gasteiger partial charge in [-0.25, -0.2) is 0 Å². The summed E-state index contributed by atoms with van der Waals surface area (Å²) in [4.78, 5) is 0. The number of fused-ring (bicyclic) bond motifs is 1. The molecule has 0 radical (unpaired) electrons. The van der Waals surface area contributed by atoms with Crippen molar-refractivity contribution in [2.75, 3.05) is 7.11 Å². The highest BCUT2D eigenvalue weighted by Crippen LogP contribution is 2.37. The number of hydrogen-bond acceptors (Lipinski definition) is 3. The van der Waals surface area contributed by atoms with Gasteiger partial charge in [-0.1, -0.05) is 0 Å². The van der Waals surface area contributed by atoms with E-state index in [0.29, 0.717) is 0 Å². The molecule has 1 aliphatic rings. The van der Waals surface area contributed by atoms with Gasteiger partial charge in [-0.15, -0.1) is 5.16 Å². The second-order valence-electron chi connectivity index (χ2n) is 3.95. The predicted molar refractivity (Wildman–Crippen MR) is 66.7 cm³/mol. The van der Waals surface area contributed by atoms with Crippen LogP contribution < -0.4 is 4.74 Å². The number of halogens is 1. The van der Waals surface area contributed by atoms with Crippen molar-refractivity contribution in [1.29, 1.82) is 0 Å². The molecule has 1 atom stereocenters. The minimum atomic E-state index is 0.204. The zero-order valence-corrected chi connectivity index (χ0v) is 10.7. The molecule has 0 saturated heterocycles. The van der Waals surface area contributed by atoms with Gasteiger partial charge >= 0.3 is 0 Å². The van der Waals surface area contributed by atoms with Gasteiger partial charge in [-0.05, 0) is 58.5 Å². The molecule has 0 fully saturated rings. The van der Waals surface area contributed by atoms with E-state index in [2.05, 4.69) is 27.2 Å². The molecule has 86 valence electrons. The lowest BCUT2D eigenvalue weighted by molar-refractivity contribution is 0.319. The van der Waals surface area contributed by atoms with Crippen LogP contribution >= 0.6 is 15.9 Å².